The SMILES string of the molecule is Cc1c(C(=O)Nc2ccc(-c3ccc(N(C(C(=O)O)C(C)C)S(=O)[O-])cc3)cc2)oc2cccc(NCS(C)(=O)=O)c12. The fourth-order valence-corrected chi connectivity index (χ4v) is 5.84. The number of carbonyl (C=O) groups excluding carboxylic acids is 1. The third-order valence-electron chi connectivity index (χ3n) is 6.58. The summed E-state index contributed by atoms with van der Waals surface area (Å²) in [6, 6.07) is 17.3. The number of anilines is 3. The van der Waals surface area contributed by atoms with Gasteiger partial charge in [-0.1, -0.05) is 44.2 Å². The van der Waals surface area contributed by atoms with Gasteiger partial charge in [-0.15, -0.1) is 0 Å². The number of carboxylic acid groups (broad SMARTS) is 1. The summed E-state index contributed by atoms with van der Waals surface area (Å²) in [5, 5.41) is 15.9. The number of carbonyl (C=O) groups is 2. The first-order chi connectivity index (χ1) is 19.8. The zero-order chi connectivity index (χ0) is 30.8. The van der Waals surface area contributed by atoms with E-state index in [1.54, 1.807) is 87.5 Å². The molecule has 0 aliphatic heterocycles. The molecule has 3 aromatic carbocycles. The van der Waals surface area contributed by atoms with E-state index in [0.29, 0.717) is 27.9 Å². The van der Waals surface area contributed by atoms with Gasteiger partial charge >= 0.3 is 5.97 Å². The molecule has 2 atom stereocenters. The number of sulfone groups is 1. The monoisotopic (exact) mass is 612 g/mol. The standard InChI is InChI=1S/C29H31N3O8S2/c1-17(2)26(29(34)35)32(41(36)37)22-14-10-20(11-15-22)19-8-12-21(13-9-19)31-28(33)27-18(3)25-23(30-16-42(4,38)39)6-5-7-24(25)40-27/h5-15,17,26,30H,16H2,1-4H3,(H,31,33)(H,34,35)(H,36,37)/p-1. The molecular weight excluding hydrogens is 582 g/mol. The Balaban J connectivity index is 1.51. The molecule has 1 amide bonds. The highest BCUT2D eigenvalue weighted by molar-refractivity contribution is 7.90. The maximum absolute atomic E-state index is 13.1. The van der Waals surface area contributed by atoms with Gasteiger partial charge in [-0.25, -0.2) is 13.2 Å². The molecule has 2 unspecified atom stereocenters. The summed E-state index contributed by atoms with van der Waals surface area (Å²) >= 11 is -2.79. The first-order valence-corrected chi connectivity index (χ1v) is 15.9. The maximum atomic E-state index is 13.1. The van der Waals surface area contributed by atoms with Gasteiger partial charge in [0, 0.05) is 45.5 Å². The smallest absolute Gasteiger partial charge is 0.327 e. The quantitative estimate of drug-likeness (QED) is 0.202. The minimum atomic E-state index is -3.27. The van der Waals surface area contributed by atoms with Crippen LogP contribution in [0.1, 0.15) is 30.0 Å². The van der Waals surface area contributed by atoms with E-state index in [1.807, 2.05) is 0 Å². The van der Waals surface area contributed by atoms with Crippen molar-refractivity contribution in [3.8, 4) is 11.1 Å². The average Bonchev–Trinajstić information content (AvgIpc) is 3.27. The molecule has 0 radical (unpaired) electrons. The first kappa shape index (κ1) is 30.8. The van der Waals surface area contributed by atoms with Crippen molar-refractivity contribution >= 4 is 61.0 Å². The predicted molar refractivity (Wildman–Crippen MR) is 162 cm³/mol. The molecule has 0 aliphatic rings. The number of nitrogens with zero attached hydrogens (tertiary/aromatic N) is 1. The second kappa shape index (κ2) is 12.3. The van der Waals surface area contributed by atoms with E-state index in [4.69, 9.17) is 4.42 Å². The van der Waals surface area contributed by atoms with Crippen molar-refractivity contribution in [1.82, 2.24) is 0 Å². The first-order valence-electron chi connectivity index (χ1n) is 12.8. The van der Waals surface area contributed by atoms with E-state index in [2.05, 4.69) is 10.6 Å². The van der Waals surface area contributed by atoms with Crippen LogP contribution in [0.3, 0.4) is 0 Å². The van der Waals surface area contributed by atoms with E-state index < -0.39 is 44.9 Å². The summed E-state index contributed by atoms with van der Waals surface area (Å²) in [6.45, 7) is 5.00. The van der Waals surface area contributed by atoms with Crippen LogP contribution in [0.4, 0.5) is 17.1 Å². The molecule has 0 spiro atoms. The van der Waals surface area contributed by atoms with Gasteiger partial charge in [-0.3, -0.25) is 13.3 Å². The fourth-order valence-electron chi connectivity index (χ4n) is 4.61. The molecule has 11 nitrogen and oxygen atoms in total. The van der Waals surface area contributed by atoms with Gasteiger partial charge in [0.2, 0.25) is 0 Å². The van der Waals surface area contributed by atoms with E-state index >= 15 is 0 Å². The van der Waals surface area contributed by atoms with E-state index in [1.165, 1.54) is 0 Å². The van der Waals surface area contributed by atoms with Crippen molar-refractivity contribution in [3.05, 3.63) is 78.1 Å². The van der Waals surface area contributed by atoms with Gasteiger partial charge in [0.1, 0.15) is 17.5 Å². The lowest BCUT2D eigenvalue weighted by Crippen LogP contribution is -2.45. The lowest BCUT2D eigenvalue weighted by molar-refractivity contribution is -0.139. The zero-order valence-corrected chi connectivity index (χ0v) is 24.9. The Morgan fingerprint density at radius 1 is 1.02 bits per heavy atom. The molecule has 42 heavy (non-hydrogen) atoms. The molecule has 0 aliphatic carbocycles. The molecule has 0 saturated heterocycles. The summed E-state index contributed by atoms with van der Waals surface area (Å²) in [7, 11) is -3.27. The highest BCUT2D eigenvalue weighted by Gasteiger charge is 2.30. The highest BCUT2D eigenvalue weighted by Crippen LogP contribution is 2.33. The number of aryl methyl sites for hydroxylation is 1. The fraction of sp³-hybridized carbons (Fsp3) is 0.241. The van der Waals surface area contributed by atoms with Crippen molar-refractivity contribution < 1.29 is 36.3 Å². The van der Waals surface area contributed by atoms with Crippen LogP contribution in [0.15, 0.2) is 71.1 Å². The Morgan fingerprint density at radius 2 is 1.62 bits per heavy atom. The van der Waals surface area contributed by atoms with Crippen molar-refractivity contribution in [2.24, 2.45) is 5.92 Å². The zero-order valence-electron chi connectivity index (χ0n) is 23.3. The molecular formula is C29H30N3O8S2-. The van der Waals surface area contributed by atoms with Crippen molar-refractivity contribution in [1.29, 1.82) is 0 Å². The van der Waals surface area contributed by atoms with Crippen molar-refractivity contribution in [2.45, 2.75) is 26.8 Å². The Labute approximate surface area is 245 Å². The Morgan fingerprint density at radius 3 is 2.14 bits per heavy atom. The normalized spacial score (nSPS) is 13.1. The Bertz CT molecular complexity index is 1750. The third kappa shape index (κ3) is 6.81. The number of hydrogen-bond acceptors (Lipinski definition) is 8. The van der Waals surface area contributed by atoms with Gasteiger partial charge in [0.15, 0.2) is 15.6 Å². The summed E-state index contributed by atoms with van der Waals surface area (Å²) in [5.41, 5.74) is 3.82. The summed E-state index contributed by atoms with van der Waals surface area (Å²) < 4.78 is 53.6. The van der Waals surface area contributed by atoms with Gasteiger partial charge in [0.25, 0.3) is 5.91 Å². The number of furan rings is 1. The second-order valence-corrected chi connectivity index (χ2v) is 13.1. The number of aliphatic carboxylic acids is 1. The van der Waals surface area contributed by atoms with Crippen LogP contribution in [0.2, 0.25) is 0 Å². The molecule has 1 aromatic heterocycles. The Kier molecular flexibility index (Phi) is 9.04. The van der Waals surface area contributed by atoms with Gasteiger partial charge in [0.05, 0.1) is 0 Å². The minimum absolute atomic E-state index is 0.0969. The lowest BCUT2D eigenvalue weighted by atomic mass is 10.0. The predicted octanol–water partition coefficient (Wildman–Crippen LogP) is 4.78. The minimum Gasteiger partial charge on any atom is -0.755 e. The van der Waals surface area contributed by atoms with Crippen LogP contribution in [0, 0.1) is 12.8 Å². The number of benzene rings is 3. The third-order valence-corrected chi connectivity index (χ3v) is 8.01. The number of nitrogens with one attached hydrogen (secondary N) is 2. The number of hydrogen-bond donors (Lipinski definition) is 3. The molecule has 222 valence electrons. The molecule has 3 N–H and O–H groups in total. The van der Waals surface area contributed by atoms with Crippen LogP contribution in [0.5, 0.6) is 0 Å². The molecule has 0 saturated carbocycles. The van der Waals surface area contributed by atoms with Crippen LogP contribution in [-0.2, 0) is 25.9 Å². The van der Waals surface area contributed by atoms with Crippen LogP contribution in [-0.4, -0.2) is 52.3 Å². The summed E-state index contributed by atoms with van der Waals surface area (Å²) in [4.78, 5) is 24.8. The molecule has 13 heteroatoms. The maximum Gasteiger partial charge on any atom is 0.327 e. The van der Waals surface area contributed by atoms with Gasteiger partial charge in [-0.05, 0) is 60.4 Å². The number of rotatable bonds is 11. The Hall–Kier alpha value is -4.20. The molecule has 1 heterocycles. The number of amides is 1. The van der Waals surface area contributed by atoms with Crippen LogP contribution >= 0.6 is 0 Å². The highest BCUT2D eigenvalue weighted by atomic mass is 32.2. The summed E-state index contributed by atoms with van der Waals surface area (Å²) in [6.07, 6.45) is 1.12. The van der Waals surface area contributed by atoms with Crippen LogP contribution < -0.4 is 14.9 Å². The largest absolute Gasteiger partial charge is 0.755 e. The number of carboxylic acids is 1. The molecule has 4 rings (SSSR count). The van der Waals surface area contributed by atoms with Gasteiger partial charge < -0.3 is 24.7 Å². The molecule has 4 aromatic rings. The second-order valence-electron chi connectivity index (χ2n) is 10.1. The van der Waals surface area contributed by atoms with E-state index in [0.717, 1.165) is 21.7 Å². The van der Waals surface area contributed by atoms with E-state index in [-0.39, 0.29) is 17.3 Å². The topological polar surface area (TPSA) is 169 Å². The molecule has 0 fully saturated rings. The summed E-state index contributed by atoms with van der Waals surface area (Å²) in [5.74, 6) is -2.33. The van der Waals surface area contributed by atoms with Crippen molar-refractivity contribution in [2.75, 3.05) is 27.1 Å². The number of fused-ring (bicyclic) bond motifs is 1. The average molecular weight is 613 g/mol. The van der Waals surface area contributed by atoms with Crippen LogP contribution in [0.25, 0.3) is 22.1 Å². The molecule has 0 bridgehead atoms. The van der Waals surface area contributed by atoms with Crippen molar-refractivity contribution in [3.63, 3.8) is 0 Å². The van der Waals surface area contributed by atoms with Gasteiger partial charge in [-0.2, -0.15) is 0 Å². The lowest BCUT2D eigenvalue weighted by Gasteiger charge is -2.34. The van der Waals surface area contributed by atoms with E-state index in [9.17, 15) is 31.9 Å².